The normalized spacial score (nSPS) is 34.3. The number of hydrogen-bond donors (Lipinski definition) is 1. The fourth-order valence-corrected chi connectivity index (χ4v) is 0.822. The molecule has 0 aromatic rings. The first kappa shape index (κ1) is 4.23. The van der Waals surface area contributed by atoms with Crippen LogP contribution in [0, 0.1) is 0 Å². The lowest BCUT2D eigenvalue weighted by atomic mass is 10.8. The molecular weight excluding hydrogens is 102 g/mol. The third-order valence-corrected chi connectivity index (χ3v) is 1.36. The zero-order valence-electron chi connectivity index (χ0n) is 3.14. The van der Waals surface area contributed by atoms with Gasteiger partial charge in [-0.3, -0.25) is 0 Å². The summed E-state index contributed by atoms with van der Waals surface area (Å²) in [5, 5.41) is 0. The number of hydrogen-bond acceptors (Lipinski definition) is 3. The second kappa shape index (κ2) is 1.68. The maximum atomic E-state index is 10.1. The molecule has 0 bridgehead atoms. The average molecular weight is 107 g/mol. The van der Waals surface area contributed by atoms with Crippen molar-refractivity contribution in [3.63, 3.8) is 0 Å². The lowest BCUT2D eigenvalue weighted by Gasteiger charge is -1.78. The molecule has 0 aromatic heterocycles. The van der Waals surface area contributed by atoms with Gasteiger partial charge in [0.2, 0.25) is 0 Å². The Labute approximate surface area is 38.3 Å². The highest BCUT2D eigenvalue weighted by molar-refractivity contribution is 7.80. The van der Waals surface area contributed by atoms with Crippen molar-refractivity contribution in [2.75, 3.05) is 12.3 Å². The Balaban J connectivity index is 2.37. The summed E-state index contributed by atoms with van der Waals surface area (Å²) >= 11 is -1.03. The van der Waals surface area contributed by atoms with Gasteiger partial charge in [0.15, 0.2) is 11.1 Å². The van der Waals surface area contributed by atoms with E-state index in [4.69, 9.17) is 0 Å². The zero-order valence-corrected chi connectivity index (χ0v) is 3.96. The highest BCUT2D eigenvalue weighted by Gasteiger charge is 2.05. The van der Waals surface area contributed by atoms with E-state index in [-0.39, 0.29) is 0 Å². The summed E-state index contributed by atoms with van der Waals surface area (Å²) in [7, 11) is 0. The van der Waals surface area contributed by atoms with Crippen molar-refractivity contribution in [3.05, 3.63) is 0 Å². The van der Waals surface area contributed by atoms with Crippen LogP contribution in [0.1, 0.15) is 0 Å². The molecule has 1 unspecified atom stereocenters. The molecule has 1 heterocycles. The molecule has 1 aliphatic heterocycles. The van der Waals surface area contributed by atoms with E-state index >= 15 is 0 Å². The van der Waals surface area contributed by atoms with Crippen LogP contribution < -0.4 is 5.48 Å². The molecule has 4 heteroatoms. The topological polar surface area (TPSA) is 38.3 Å². The maximum Gasteiger partial charge on any atom is 0.174 e. The van der Waals surface area contributed by atoms with E-state index < -0.39 is 11.1 Å². The van der Waals surface area contributed by atoms with Crippen LogP contribution in [0.2, 0.25) is 0 Å². The summed E-state index contributed by atoms with van der Waals surface area (Å²) in [5.74, 6) is 0.625. The Morgan fingerprint density at radius 3 is 2.83 bits per heavy atom. The van der Waals surface area contributed by atoms with Gasteiger partial charge in [-0.15, -0.1) is 0 Å². The second-order valence-electron chi connectivity index (χ2n) is 0.986. The van der Waals surface area contributed by atoms with Crippen molar-refractivity contribution in [1.82, 2.24) is 5.48 Å². The lowest BCUT2D eigenvalue weighted by molar-refractivity contribution is 0.257. The molecule has 0 amide bonds. The fourth-order valence-electron chi connectivity index (χ4n) is 0.274. The molecule has 6 heavy (non-hydrogen) atoms. The minimum Gasteiger partial charge on any atom is -0.228 e. The Hall–Kier alpha value is 0.0700. The Bertz CT molecular complexity index is 65.9. The van der Waals surface area contributed by atoms with Crippen molar-refractivity contribution in [1.29, 1.82) is 0 Å². The van der Waals surface area contributed by atoms with E-state index in [2.05, 4.69) is 9.76 Å². The van der Waals surface area contributed by atoms with E-state index in [9.17, 15) is 4.21 Å². The van der Waals surface area contributed by atoms with E-state index in [1.165, 1.54) is 0 Å². The first-order valence-electron chi connectivity index (χ1n) is 1.68. The summed E-state index contributed by atoms with van der Waals surface area (Å²) in [4.78, 5) is 0. The molecule has 36 valence electrons. The predicted molar refractivity (Wildman–Crippen MR) is 22.1 cm³/mol. The van der Waals surface area contributed by atoms with Gasteiger partial charge in [-0.05, 0) is 0 Å². The van der Waals surface area contributed by atoms with E-state index in [1.807, 2.05) is 0 Å². The molecule has 1 rings (SSSR count). The highest BCUT2D eigenvalue weighted by Crippen LogP contribution is 1.86. The van der Waals surface area contributed by atoms with Crippen molar-refractivity contribution >= 4 is 11.1 Å². The zero-order chi connectivity index (χ0) is 4.41. The molecule has 3 nitrogen and oxygen atoms in total. The Kier molecular flexibility index (Phi) is 1.19. The predicted octanol–water partition coefficient (Wildman–Crippen LogP) is -0.815. The van der Waals surface area contributed by atoms with Gasteiger partial charge in [-0.1, -0.05) is 0 Å². The standard InChI is InChI=1S/C2H5NO2S/c4-6-2-1-3-5-6/h3H,1-2H2. The largest absolute Gasteiger partial charge is 0.228 e. The van der Waals surface area contributed by atoms with E-state index in [0.29, 0.717) is 12.3 Å². The lowest BCUT2D eigenvalue weighted by Crippen LogP contribution is -2.02. The van der Waals surface area contributed by atoms with E-state index in [0.717, 1.165) is 0 Å². The molecule has 0 aromatic carbocycles. The molecule has 0 aliphatic carbocycles. The van der Waals surface area contributed by atoms with Gasteiger partial charge in [0.25, 0.3) is 0 Å². The van der Waals surface area contributed by atoms with Gasteiger partial charge < -0.3 is 0 Å². The van der Waals surface area contributed by atoms with Gasteiger partial charge >= 0.3 is 0 Å². The third-order valence-electron chi connectivity index (χ3n) is 0.523. The van der Waals surface area contributed by atoms with Crippen LogP contribution in [0.4, 0.5) is 0 Å². The van der Waals surface area contributed by atoms with Crippen LogP contribution in [0.25, 0.3) is 0 Å². The van der Waals surface area contributed by atoms with Gasteiger partial charge in [-0.25, -0.2) is 8.49 Å². The Morgan fingerprint density at radius 2 is 2.67 bits per heavy atom. The van der Waals surface area contributed by atoms with Gasteiger partial charge in [0.1, 0.15) is 0 Å². The van der Waals surface area contributed by atoms with E-state index in [1.54, 1.807) is 0 Å². The minimum absolute atomic E-state index is 0.625. The fraction of sp³-hybridized carbons (Fsp3) is 1.00. The summed E-state index contributed by atoms with van der Waals surface area (Å²) in [6.07, 6.45) is 0. The smallest absolute Gasteiger partial charge is 0.174 e. The average Bonchev–Trinajstić information content (AvgIpc) is 1.86. The van der Waals surface area contributed by atoms with Crippen LogP contribution in [0.3, 0.4) is 0 Å². The SMILES string of the molecule is O=S1CCNO1. The van der Waals surface area contributed by atoms with Crippen LogP contribution in [-0.4, -0.2) is 16.5 Å². The molecule has 0 saturated carbocycles. The van der Waals surface area contributed by atoms with Crippen molar-refractivity contribution in [3.8, 4) is 0 Å². The van der Waals surface area contributed by atoms with Gasteiger partial charge in [0, 0.05) is 6.54 Å². The molecule has 1 atom stereocenters. The van der Waals surface area contributed by atoms with Crippen molar-refractivity contribution < 1.29 is 8.49 Å². The summed E-state index contributed by atoms with van der Waals surface area (Å²) < 4.78 is 14.4. The molecule has 0 radical (unpaired) electrons. The summed E-state index contributed by atoms with van der Waals surface area (Å²) in [6, 6.07) is 0. The van der Waals surface area contributed by atoms with Crippen molar-refractivity contribution in [2.24, 2.45) is 0 Å². The van der Waals surface area contributed by atoms with Crippen molar-refractivity contribution in [2.45, 2.75) is 0 Å². The highest BCUT2D eigenvalue weighted by atomic mass is 32.2. The molecular formula is C2H5NO2S. The van der Waals surface area contributed by atoms with Gasteiger partial charge in [0.05, 0.1) is 5.75 Å². The minimum atomic E-state index is -1.03. The second-order valence-corrected chi connectivity index (χ2v) is 2.17. The van der Waals surface area contributed by atoms with Crippen LogP contribution in [0.5, 0.6) is 0 Å². The van der Waals surface area contributed by atoms with Crippen LogP contribution >= 0.6 is 0 Å². The molecule has 1 saturated heterocycles. The quantitative estimate of drug-likeness (QED) is 0.439. The monoisotopic (exact) mass is 107 g/mol. The third kappa shape index (κ3) is 0.767. The first-order chi connectivity index (χ1) is 2.89. The molecule has 1 N–H and O–H groups in total. The molecule has 0 spiro atoms. The maximum absolute atomic E-state index is 10.1. The first-order valence-corrected chi connectivity index (χ1v) is 2.92. The van der Waals surface area contributed by atoms with Crippen LogP contribution in [0.15, 0.2) is 0 Å². The number of hydroxylamine groups is 1. The molecule has 1 aliphatic rings. The summed E-state index contributed by atoms with van der Waals surface area (Å²) in [5.41, 5.74) is 2.47. The van der Waals surface area contributed by atoms with Gasteiger partial charge in [-0.2, -0.15) is 5.48 Å². The number of rotatable bonds is 0. The Morgan fingerprint density at radius 1 is 1.83 bits per heavy atom. The summed E-state index contributed by atoms with van der Waals surface area (Å²) in [6.45, 7) is 0.715. The molecule has 1 fully saturated rings. The number of nitrogens with one attached hydrogen (secondary N) is 1. The van der Waals surface area contributed by atoms with Crippen LogP contribution in [-0.2, 0) is 15.4 Å².